The molecule has 0 radical (unpaired) electrons. The van der Waals surface area contributed by atoms with E-state index in [0.717, 1.165) is 12.1 Å². The van der Waals surface area contributed by atoms with E-state index >= 15 is 0 Å². The summed E-state index contributed by atoms with van der Waals surface area (Å²) in [6, 6.07) is 1.55. The Morgan fingerprint density at radius 3 is 2.27 bits per heavy atom. The number of alkyl halides is 5. The van der Waals surface area contributed by atoms with Gasteiger partial charge in [-0.15, -0.1) is 13.2 Å². The standard InChI is InChI=1S/C25H26Cl2F5N7O2/c26-16-9-15(41-25(30,31)32)10-17(27)19(16)37-23-36-18-11-34-22(35-13-5-7-24(28,29)8-6-13)38-21(18)39(23)14-3-1-12(2-4-14)20(33)40/h9-14H,1-8H2,(H2,33,40)(H,36,37)(H,34,35,38)/t12-,14+. The summed E-state index contributed by atoms with van der Waals surface area (Å²) in [7, 11) is 0. The number of imidazole rings is 1. The third-order valence-corrected chi connectivity index (χ3v) is 8.03. The lowest BCUT2D eigenvalue weighted by Gasteiger charge is -2.29. The van der Waals surface area contributed by atoms with Crippen LogP contribution in [0.2, 0.25) is 10.0 Å². The summed E-state index contributed by atoms with van der Waals surface area (Å²) in [5, 5.41) is 5.87. The first-order valence-electron chi connectivity index (χ1n) is 13.0. The first-order chi connectivity index (χ1) is 19.3. The lowest BCUT2D eigenvalue weighted by Crippen LogP contribution is -2.32. The van der Waals surface area contributed by atoms with E-state index in [1.165, 1.54) is 6.20 Å². The van der Waals surface area contributed by atoms with Crippen molar-refractivity contribution < 1.29 is 31.5 Å². The molecule has 0 atom stereocenters. The zero-order chi connectivity index (χ0) is 29.5. The highest BCUT2D eigenvalue weighted by Gasteiger charge is 2.36. The van der Waals surface area contributed by atoms with Crippen molar-refractivity contribution in [3.8, 4) is 5.75 Å². The van der Waals surface area contributed by atoms with Crippen molar-refractivity contribution in [2.45, 2.75) is 75.7 Å². The SMILES string of the molecule is NC(=O)[C@H]1CC[C@@H](n2c(Nc3c(Cl)cc(OC(F)(F)F)cc3Cl)nc3cnc(NC4CCC(F)(F)CC4)nc32)CC1. The number of fused-ring (bicyclic) bond motifs is 1. The van der Waals surface area contributed by atoms with E-state index in [4.69, 9.17) is 28.9 Å². The molecule has 2 aliphatic rings. The Bertz CT molecular complexity index is 1410. The predicted molar refractivity (Wildman–Crippen MR) is 143 cm³/mol. The average molecular weight is 622 g/mol. The van der Waals surface area contributed by atoms with Crippen LogP contribution in [0.3, 0.4) is 0 Å². The Kier molecular flexibility index (Phi) is 8.07. The van der Waals surface area contributed by atoms with Gasteiger partial charge < -0.3 is 21.1 Å². The highest BCUT2D eigenvalue weighted by molar-refractivity contribution is 6.39. The van der Waals surface area contributed by atoms with Gasteiger partial charge in [0, 0.05) is 43.0 Å². The van der Waals surface area contributed by atoms with Gasteiger partial charge in [0.25, 0.3) is 0 Å². The number of hydrogen-bond donors (Lipinski definition) is 3. The van der Waals surface area contributed by atoms with Crippen LogP contribution in [0.5, 0.6) is 5.75 Å². The van der Waals surface area contributed by atoms with Crippen molar-refractivity contribution in [3.63, 3.8) is 0 Å². The monoisotopic (exact) mass is 621 g/mol. The maximum Gasteiger partial charge on any atom is 0.573 e. The van der Waals surface area contributed by atoms with E-state index in [2.05, 4.69) is 30.3 Å². The minimum absolute atomic E-state index is 0.0969. The molecule has 2 saturated carbocycles. The summed E-state index contributed by atoms with van der Waals surface area (Å²) < 4.78 is 71.1. The maximum absolute atomic E-state index is 13.6. The van der Waals surface area contributed by atoms with Gasteiger partial charge in [-0.05, 0) is 38.5 Å². The molecule has 4 N–H and O–H groups in total. The van der Waals surface area contributed by atoms with Gasteiger partial charge in [0.05, 0.1) is 21.9 Å². The number of carbonyl (C=O) groups excluding carboxylic acids is 1. The molecule has 1 aromatic carbocycles. The molecule has 222 valence electrons. The van der Waals surface area contributed by atoms with Crippen LogP contribution >= 0.6 is 23.2 Å². The highest BCUT2D eigenvalue weighted by Crippen LogP contribution is 2.41. The van der Waals surface area contributed by atoms with E-state index < -0.39 is 18.0 Å². The second-order valence-corrected chi connectivity index (χ2v) is 11.1. The number of hydrogen-bond acceptors (Lipinski definition) is 7. The van der Waals surface area contributed by atoms with E-state index in [0.29, 0.717) is 36.8 Å². The molecule has 2 aliphatic carbocycles. The van der Waals surface area contributed by atoms with Gasteiger partial charge in [-0.2, -0.15) is 4.98 Å². The third-order valence-electron chi connectivity index (χ3n) is 7.43. The molecule has 0 unspecified atom stereocenters. The van der Waals surface area contributed by atoms with Crippen LogP contribution in [-0.4, -0.2) is 43.8 Å². The van der Waals surface area contributed by atoms with Gasteiger partial charge in [0.1, 0.15) is 11.3 Å². The quantitative estimate of drug-likeness (QED) is 0.243. The number of nitrogens with zero attached hydrogens (tertiary/aromatic N) is 4. The fraction of sp³-hybridized carbons (Fsp3) is 0.520. The molecule has 3 aromatic rings. The number of carbonyl (C=O) groups is 1. The molecule has 2 heterocycles. The van der Waals surface area contributed by atoms with Crippen LogP contribution in [0.25, 0.3) is 11.2 Å². The van der Waals surface area contributed by atoms with E-state index in [1.54, 1.807) is 4.57 Å². The lowest BCUT2D eigenvalue weighted by atomic mass is 9.85. The molecule has 9 nitrogen and oxygen atoms in total. The first kappa shape index (κ1) is 29.4. The molecule has 1 amide bonds. The van der Waals surface area contributed by atoms with Crippen LogP contribution in [0.1, 0.15) is 57.4 Å². The molecule has 0 saturated heterocycles. The first-order valence-corrected chi connectivity index (χ1v) is 13.7. The largest absolute Gasteiger partial charge is 0.573 e. The van der Waals surface area contributed by atoms with Gasteiger partial charge in [-0.1, -0.05) is 23.2 Å². The molecular weight excluding hydrogens is 596 g/mol. The summed E-state index contributed by atoms with van der Waals surface area (Å²) >= 11 is 12.6. The van der Waals surface area contributed by atoms with Crippen LogP contribution < -0.4 is 21.1 Å². The van der Waals surface area contributed by atoms with Gasteiger partial charge in [0.2, 0.25) is 23.7 Å². The Hall–Kier alpha value is -3.13. The Balaban J connectivity index is 1.48. The Labute approximate surface area is 240 Å². The fourth-order valence-electron chi connectivity index (χ4n) is 5.35. The van der Waals surface area contributed by atoms with Crippen molar-refractivity contribution in [1.29, 1.82) is 0 Å². The minimum atomic E-state index is -4.93. The van der Waals surface area contributed by atoms with Crippen molar-refractivity contribution >= 4 is 57.9 Å². The average Bonchev–Trinajstić information content (AvgIpc) is 3.24. The van der Waals surface area contributed by atoms with Crippen LogP contribution in [0, 0.1) is 5.92 Å². The molecule has 2 fully saturated rings. The summed E-state index contributed by atoms with van der Waals surface area (Å²) in [4.78, 5) is 25.3. The van der Waals surface area contributed by atoms with Crippen LogP contribution in [0.4, 0.5) is 39.5 Å². The van der Waals surface area contributed by atoms with Crippen molar-refractivity contribution in [1.82, 2.24) is 19.5 Å². The number of nitrogens with two attached hydrogens (primary N) is 1. The fourth-order valence-corrected chi connectivity index (χ4v) is 5.92. The number of ether oxygens (including phenoxy) is 1. The molecule has 0 spiro atoms. The van der Waals surface area contributed by atoms with Crippen molar-refractivity contribution in [2.24, 2.45) is 11.7 Å². The predicted octanol–water partition coefficient (Wildman–Crippen LogP) is 6.98. The number of amides is 1. The Morgan fingerprint density at radius 2 is 1.68 bits per heavy atom. The van der Waals surface area contributed by atoms with E-state index in [9.17, 15) is 26.7 Å². The summed E-state index contributed by atoms with van der Waals surface area (Å²) in [5.74, 6) is -3.40. The lowest BCUT2D eigenvalue weighted by molar-refractivity contribution is -0.274. The summed E-state index contributed by atoms with van der Waals surface area (Å²) in [5.41, 5.74) is 6.43. The number of benzene rings is 1. The number of anilines is 3. The van der Waals surface area contributed by atoms with E-state index in [-0.39, 0.29) is 77.2 Å². The number of primary amides is 1. The number of aromatic nitrogens is 4. The van der Waals surface area contributed by atoms with Crippen LogP contribution in [0.15, 0.2) is 18.3 Å². The smallest absolute Gasteiger partial charge is 0.406 e. The summed E-state index contributed by atoms with van der Waals surface area (Å²) in [6.45, 7) is 0. The molecule has 0 bridgehead atoms. The molecular formula is C25H26Cl2F5N7O2. The topological polar surface area (TPSA) is 120 Å². The minimum Gasteiger partial charge on any atom is -0.406 e. The van der Waals surface area contributed by atoms with Gasteiger partial charge in [-0.25, -0.2) is 18.7 Å². The molecule has 0 aliphatic heterocycles. The molecule has 41 heavy (non-hydrogen) atoms. The number of nitrogens with one attached hydrogen (secondary N) is 2. The zero-order valence-electron chi connectivity index (χ0n) is 21.4. The molecule has 5 rings (SSSR count). The molecule has 16 heteroatoms. The molecule has 2 aromatic heterocycles. The van der Waals surface area contributed by atoms with Gasteiger partial charge in [-0.3, -0.25) is 9.36 Å². The van der Waals surface area contributed by atoms with E-state index in [1.807, 2.05) is 0 Å². The maximum atomic E-state index is 13.6. The summed E-state index contributed by atoms with van der Waals surface area (Å²) in [6.07, 6.45) is -1.15. The number of halogens is 7. The normalized spacial score (nSPS) is 21.5. The van der Waals surface area contributed by atoms with Crippen molar-refractivity contribution in [2.75, 3.05) is 10.6 Å². The number of rotatable bonds is 7. The van der Waals surface area contributed by atoms with Gasteiger partial charge in [0.15, 0.2) is 5.65 Å². The van der Waals surface area contributed by atoms with Gasteiger partial charge >= 0.3 is 6.36 Å². The highest BCUT2D eigenvalue weighted by atomic mass is 35.5. The van der Waals surface area contributed by atoms with Crippen molar-refractivity contribution in [3.05, 3.63) is 28.4 Å². The second-order valence-electron chi connectivity index (χ2n) is 10.3. The third kappa shape index (κ3) is 6.85. The second kappa shape index (κ2) is 11.3. The zero-order valence-corrected chi connectivity index (χ0v) is 23.0. The Morgan fingerprint density at radius 1 is 1.05 bits per heavy atom. The van der Waals surface area contributed by atoms with Crippen LogP contribution in [-0.2, 0) is 4.79 Å².